The van der Waals surface area contributed by atoms with Gasteiger partial charge in [0.2, 0.25) is 0 Å². The summed E-state index contributed by atoms with van der Waals surface area (Å²) in [7, 11) is -3.53. The first kappa shape index (κ1) is 13.0. The molecule has 1 saturated carbocycles. The van der Waals surface area contributed by atoms with Crippen molar-refractivity contribution in [3.8, 4) is 0 Å². The van der Waals surface area contributed by atoms with E-state index in [-0.39, 0.29) is 0 Å². The molecule has 2 rings (SSSR count). The summed E-state index contributed by atoms with van der Waals surface area (Å²) in [4.78, 5) is 11.3. The number of carboxylic acids is 1. The maximum atomic E-state index is 11.7. The number of aliphatic carboxylic acids is 1. The topological polar surface area (TPSA) is 91.7 Å². The maximum Gasteiger partial charge on any atom is 0.314 e. The summed E-state index contributed by atoms with van der Waals surface area (Å²) in [5.74, 6) is -1.95. The minimum Gasteiger partial charge on any atom is -0.481 e. The lowest BCUT2D eigenvalue weighted by Crippen LogP contribution is -2.27. The molecule has 0 radical (unpaired) electrons. The van der Waals surface area contributed by atoms with E-state index in [1.54, 1.807) is 30.3 Å². The third-order valence-corrected chi connectivity index (χ3v) is 5.15. The summed E-state index contributed by atoms with van der Waals surface area (Å²) in [6.45, 7) is -0.681. The Hall–Kier alpha value is -1.40. The smallest absolute Gasteiger partial charge is 0.314 e. The van der Waals surface area contributed by atoms with Crippen LogP contribution in [0.5, 0.6) is 0 Å². The molecule has 0 unspecified atom stereocenters. The Labute approximate surface area is 105 Å². The quantitative estimate of drug-likeness (QED) is 0.819. The molecule has 0 heterocycles. The minimum atomic E-state index is -3.53. The van der Waals surface area contributed by atoms with Crippen LogP contribution in [0.2, 0.25) is 0 Å². The van der Waals surface area contributed by atoms with E-state index in [2.05, 4.69) is 0 Å². The predicted molar refractivity (Wildman–Crippen MR) is 65.0 cm³/mol. The van der Waals surface area contributed by atoms with Crippen molar-refractivity contribution in [3.05, 3.63) is 35.9 Å². The highest BCUT2D eigenvalue weighted by molar-refractivity contribution is 7.91. The summed E-state index contributed by atoms with van der Waals surface area (Å²) in [5.41, 5.74) is -0.973. The van der Waals surface area contributed by atoms with Crippen molar-refractivity contribution in [2.45, 2.75) is 11.2 Å². The number of sulfone groups is 1. The zero-order chi connectivity index (χ0) is 13.6. The number of benzene rings is 1. The van der Waals surface area contributed by atoms with Crippen LogP contribution in [0.4, 0.5) is 0 Å². The lowest BCUT2D eigenvalue weighted by molar-refractivity contribution is -0.145. The lowest BCUT2D eigenvalue weighted by atomic mass is 10.0. The summed E-state index contributed by atoms with van der Waals surface area (Å²) >= 11 is 0. The molecule has 3 atom stereocenters. The van der Waals surface area contributed by atoms with E-state index in [9.17, 15) is 23.4 Å². The second kappa shape index (κ2) is 4.07. The van der Waals surface area contributed by atoms with Gasteiger partial charge >= 0.3 is 5.97 Å². The van der Waals surface area contributed by atoms with E-state index in [1.165, 1.54) is 0 Å². The van der Waals surface area contributed by atoms with Gasteiger partial charge in [0.05, 0.1) is 11.9 Å². The summed E-state index contributed by atoms with van der Waals surface area (Å²) in [6.07, 6.45) is 1.01. The van der Waals surface area contributed by atoms with E-state index in [4.69, 9.17) is 0 Å². The molecule has 2 N–H and O–H groups in total. The van der Waals surface area contributed by atoms with Crippen molar-refractivity contribution in [3.63, 3.8) is 0 Å². The molecule has 1 aliphatic rings. The molecule has 1 aromatic carbocycles. The summed E-state index contributed by atoms with van der Waals surface area (Å²) < 4.78 is 23.4. The molecule has 98 valence electrons. The molecule has 18 heavy (non-hydrogen) atoms. The average Bonchev–Trinajstić information content (AvgIpc) is 3.00. The summed E-state index contributed by atoms with van der Waals surface area (Å²) in [5, 5.41) is 17.5. The van der Waals surface area contributed by atoms with Gasteiger partial charge in [-0.25, -0.2) is 8.42 Å². The molecule has 0 saturated heterocycles. The van der Waals surface area contributed by atoms with Gasteiger partial charge in [-0.2, -0.15) is 0 Å². The standard InChI is InChI=1S/C12H14O5S/c1-18(16,17)10-9(8-5-3-2-4-6-8)12(10,7-13)11(14)15/h2-6,9-10,13H,7H2,1H3,(H,14,15)/t9-,10+,12+/m0/s1. The highest BCUT2D eigenvalue weighted by Gasteiger charge is 2.74. The van der Waals surface area contributed by atoms with Crippen molar-refractivity contribution >= 4 is 15.8 Å². The molecular weight excluding hydrogens is 256 g/mol. The van der Waals surface area contributed by atoms with Crippen LogP contribution in [0, 0.1) is 5.41 Å². The van der Waals surface area contributed by atoms with Crippen LogP contribution in [0.1, 0.15) is 11.5 Å². The minimum absolute atomic E-state index is 0.629. The predicted octanol–water partition coefficient (Wildman–Crippen LogP) is 0.260. The van der Waals surface area contributed by atoms with Gasteiger partial charge in [-0.3, -0.25) is 4.79 Å². The monoisotopic (exact) mass is 270 g/mol. The van der Waals surface area contributed by atoms with E-state index in [1.807, 2.05) is 0 Å². The first-order valence-corrected chi connectivity index (χ1v) is 7.39. The van der Waals surface area contributed by atoms with Crippen LogP contribution in [0.25, 0.3) is 0 Å². The molecule has 0 aliphatic heterocycles. The number of aliphatic hydroxyl groups is 1. The first-order chi connectivity index (χ1) is 8.35. The molecule has 1 aromatic rings. The van der Waals surface area contributed by atoms with Gasteiger partial charge in [0.25, 0.3) is 0 Å². The lowest BCUT2D eigenvalue weighted by Gasteiger charge is -2.08. The van der Waals surface area contributed by atoms with Gasteiger partial charge in [0.15, 0.2) is 9.84 Å². The number of carboxylic acid groups (broad SMARTS) is 1. The Balaban J connectivity index is 2.51. The molecule has 6 heteroatoms. The fourth-order valence-corrected chi connectivity index (χ4v) is 4.58. The molecule has 0 amide bonds. The average molecular weight is 270 g/mol. The molecule has 1 aliphatic carbocycles. The van der Waals surface area contributed by atoms with E-state index >= 15 is 0 Å². The van der Waals surface area contributed by atoms with Gasteiger partial charge in [-0.05, 0) is 5.56 Å². The second-order valence-corrected chi connectivity index (χ2v) is 6.81. The molecule has 1 fully saturated rings. The fourth-order valence-electron chi connectivity index (χ4n) is 2.68. The van der Waals surface area contributed by atoms with Crippen molar-refractivity contribution in [1.82, 2.24) is 0 Å². The van der Waals surface area contributed by atoms with Crippen LogP contribution in [-0.4, -0.2) is 42.7 Å². The third kappa shape index (κ3) is 1.72. The largest absolute Gasteiger partial charge is 0.481 e. The number of rotatable bonds is 4. The molecule has 0 spiro atoms. The van der Waals surface area contributed by atoms with Crippen molar-refractivity contribution < 1.29 is 23.4 Å². The fraction of sp³-hybridized carbons (Fsp3) is 0.417. The van der Waals surface area contributed by atoms with Gasteiger partial charge in [0, 0.05) is 12.2 Å². The van der Waals surface area contributed by atoms with Crippen molar-refractivity contribution in [2.75, 3.05) is 12.9 Å². The highest BCUT2D eigenvalue weighted by atomic mass is 32.2. The van der Waals surface area contributed by atoms with E-state index in [0.29, 0.717) is 5.56 Å². The van der Waals surface area contributed by atoms with Gasteiger partial charge in [-0.15, -0.1) is 0 Å². The van der Waals surface area contributed by atoms with Gasteiger partial charge < -0.3 is 10.2 Å². The third-order valence-electron chi connectivity index (χ3n) is 3.54. The van der Waals surface area contributed by atoms with Crippen LogP contribution in [-0.2, 0) is 14.6 Å². The summed E-state index contributed by atoms with van der Waals surface area (Å²) in [6, 6.07) is 8.57. The molecule has 5 nitrogen and oxygen atoms in total. The number of hydrogen-bond donors (Lipinski definition) is 2. The van der Waals surface area contributed by atoms with Crippen molar-refractivity contribution in [1.29, 1.82) is 0 Å². The van der Waals surface area contributed by atoms with Gasteiger partial charge in [0.1, 0.15) is 5.41 Å². The SMILES string of the molecule is CS(=O)(=O)[C@@H]1[C@H](c2ccccc2)[C@@]1(CO)C(=O)O. The van der Waals surface area contributed by atoms with Crippen LogP contribution < -0.4 is 0 Å². The molecule has 0 bridgehead atoms. The zero-order valence-corrected chi connectivity index (χ0v) is 10.6. The van der Waals surface area contributed by atoms with Crippen molar-refractivity contribution in [2.24, 2.45) is 5.41 Å². The molecule has 0 aromatic heterocycles. The number of carbonyl (C=O) groups is 1. The van der Waals surface area contributed by atoms with E-state index in [0.717, 1.165) is 6.26 Å². The Bertz CT molecular complexity index is 565. The Morgan fingerprint density at radius 3 is 2.22 bits per heavy atom. The van der Waals surface area contributed by atoms with Gasteiger partial charge in [-0.1, -0.05) is 30.3 Å². The first-order valence-electron chi connectivity index (χ1n) is 5.43. The van der Waals surface area contributed by atoms with Crippen LogP contribution in [0.3, 0.4) is 0 Å². The highest BCUT2D eigenvalue weighted by Crippen LogP contribution is 2.62. The van der Waals surface area contributed by atoms with Crippen LogP contribution in [0.15, 0.2) is 30.3 Å². The Kier molecular flexibility index (Phi) is 2.95. The van der Waals surface area contributed by atoms with E-state index < -0.39 is 39.0 Å². The van der Waals surface area contributed by atoms with Crippen LogP contribution >= 0.6 is 0 Å². The normalized spacial score (nSPS) is 31.0. The Morgan fingerprint density at radius 1 is 1.33 bits per heavy atom. The zero-order valence-electron chi connectivity index (χ0n) is 9.78. The second-order valence-electron chi connectivity index (χ2n) is 4.64. The maximum absolute atomic E-state index is 11.7. The Morgan fingerprint density at radius 2 is 1.89 bits per heavy atom. The number of hydrogen-bond acceptors (Lipinski definition) is 4. The number of aliphatic hydroxyl groups excluding tert-OH is 1. The molecular formula is C12H14O5S.